The van der Waals surface area contributed by atoms with E-state index in [-0.39, 0.29) is 24.9 Å². The van der Waals surface area contributed by atoms with Crippen molar-refractivity contribution in [3.63, 3.8) is 0 Å². The molecular formula is C56H93NO5. The lowest BCUT2D eigenvalue weighted by Gasteiger charge is -2.24. The molecule has 0 radical (unpaired) electrons. The minimum atomic E-state index is -0.830. The summed E-state index contributed by atoms with van der Waals surface area (Å²) in [4.78, 5) is 26.0. The highest BCUT2D eigenvalue weighted by molar-refractivity contribution is 5.77. The van der Waals surface area contributed by atoms with Crippen LogP contribution in [-0.4, -0.2) is 46.9 Å². The van der Waals surface area contributed by atoms with Gasteiger partial charge in [-0.1, -0.05) is 239 Å². The SMILES string of the molecule is CC/C=C/C=C/C=C\C=C/C=C/CC(CC(=O)NC(CO)C(O)CCCCCCCCCCCCCCCCCC)OC(=O)CCCCC/C=C/C/C=C/C/C=C/C/C=C/CC. The van der Waals surface area contributed by atoms with E-state index in [1.54, 1.807) is 0 Å². The number of aliphatic hydroxyl groups excluding tert-OH is 2. The van der Waals surface area contributed by atoms with Gasteiger partial charge in [0.05, 0.1) is 25.2 Å². The predicted molar refractivity (Wildman–Crippen MR) is 268 cm³/mol. The fourth-order valence-electron chi connectivity index (χ4n) is 6.97. The smallest absolute Gasteiger partial charge is 0.306 e. The highest BCUT2D eigenvalue weighted by Crippen LogP contribution is 2.16. The standard InChI is InChI=1S/C56H93NO5/c1-4-7-10-13-16-19-22-24-26-28-30-33-36-39-42-45-48-54(59)53(51-58)57-55(60)50-52(47-44-41-38-35-32-21-18-15-12-9-6-3)62-56(61)49-46-43-40-37-34-31-29-27-25-23-20-17-14-11-8-5-2/h8-9,11-12,15,17-18,20-21,25,27,31-32,34-35,38,41,44,52-54,58-59H,4-7,10,13-14,16,19,22-24,26,28-30,33,36-37,39-40,42-43,45-51H2,1-3H3,(H,57,60)/b11-8+,12-9+,18-15+,20-17+,27-25+,32-21-,34-31+,38-35-,44-41+. The van der Waals surface area contributed by atoms with Crippen LogP contribution < -0.4 is 5.32 Å². The molecule has 0 aromatic carbocycles. The van der Waals surface area contributed by atoms with Crippen molar-refractivity contribution in [3.8, 4) is 0 Å². The van der Waals surface area contributed by atoms with Crippen LogP contribution in [0.4, 0.5) is 0 Å². The number of esters is 1. The molecule has 62 heavy (non-hydrogen) atoms. The molecule has 6 nitrogen and oxygen atoms in total. The number of ether oxygens (including phenoxy) is 1. The van der Waals surface area contributed by atoms with Crippen LogP contribution in [-0.2, 0) is 14.3 Å². The second-order valence-electron chi connectivity index (χ2n) is 16.6. The molecule has 3 unspecified atom stereocenters. The minimum absolute atomic E-state index is 0.0378. The van der Waals surface area contributed by atoms with Crippen LogP contribution in [0, 0.1) is 0 Å². The van der Waals surface area contributed by atoms with E-state index in [1.165, 1.54) is 83.5 Å². The van der Waals surface area contributed by atoms with E-state index >= 15 is 0 Å². The van der Waals surface area contributed by atoms with Crippen LogP contribution in [0.25, 0.3) is 0 Å². The molecule has 6 heteroatoms. The maximum atomic E-state index is 13.2. The summed E-state index contributed by atoms with van der Waals surface area (Å²) in [6, 6.07) is -0.753. The average molecular weight is 860 g/mol. The number of hydrogen-bond acceptors (Lipinski definition) is 5. The van der Waals surface area contributed by atoms with Gasteiger partial charge in [0.25, 0.3) is 0 Å². The van der Waals surface area contributed by atoms with Crippen LogP contribution in [0.5, 0.6) is 0 Å². The number of nitrogens with one attached hydrogen (secondary N) is 1. The average Bonchev–Trinajstić information content (AvgIpc) is 3.26. The van der Waals surface area contributed by atoms with Gasteiger partial charge < -0.3 is 20.3 Å². The first-order valence-corrected chi connectivity index (χ1v) is 25.2. The Bertz CT molecular complexity index is 1280. The van der Waals surface area contributed by atoms with E-state index in [4.69, 9.17) is 4.74 Å². The first-order chi connectivity index (χ1) is 30.5. The van der Waals surface area contributed by atoms with Gasteiger partial charge in [0, 0.05) is 12.8 Å². The second kappa shape index (κ2) is 48.6. The fraction of sp³-hybridized carbons (Fsp3) is 0.643. The first kappa shape index (κ1) is 58.5. The Kier molecular flexibility index (Phi) is 45.8. The van der Waals surface area contributed by atoms with E-state index in [0.717, 1.165) is 77.0 Å². The molecule has 0 saturated carbocycles. The molecule has 0 aliphatic carbocycles. The van der Waals surface area contributed by atoms with Crippen LogP contribution in [0.3, 0.4) is 0 Å². The van der Waals surface area contributed by atoms with Gasteiger partial charge in [-0.05, 0) is 57.8 Å². The van der Waals surface area contributed by atoms with Crippen molar-refractivity contribution in [2.45, 2.75) is 225 Å². The van der Waals surface area contributed by atoms with Crippen LogP contribution in [0.1, 0.15) is 207 Å². The molecule has 3 atom stereocenters. The Morgan fingerprint density at radius 2 is 0.968 bits per heavy atom. The molecule has 0 aromatic heterocycles. The van der Waals surface area contributed by atoms with E-state index < -0.39 is 18.2 Å². The quantitative estimate of drug-likeness (QED) is 0.0246. The van der Waals surface area contributed by atoms with Gasteiger partial charge in [-0.2, -0.15) is 0 Å². The topological polar surface area (TPSA) is 95.9 Å². The van der Waals surface area contributed by atoms with Gasteiger partial charge in [0.2, 0.25) is 5.91 Å². The zero-order valence-corrected chi connectivity index (χ0v) is 40.0. The summed E-state index contributed by atoms with van der Waals surface area (Å²) in [5.41, 5.74) is 0. The van der Waals surface area contributed by atoms with E-state index in [9.17, 15) is 19.8 Å². The lowest BCUT2D eigenvalue weighted by molar-refractivity contribution is -0.150. The Labute approximate surface area is 381 Å². The summed E-state index contributed by atoms with van der Waals surface area (Å²) in [5, 5.41) is 23.7. The predicted octanol–water partition coefficient (Wildman–Crippen LogP) is 15.1. The number of hydrogen-bond donors (Lipinski definition) is 3. The summed E-state index contributed by atoms with van der Waals surface area (Å²) in [6.07, 6.45) is 66.0. The van der Waals surface area contributed by atoms with Crippen molar-refractivity contribution >= 4 is 11.9 Å². The molecule has 352 valence electrons. The third kappa shape index (κ3) is 43.2. The summed E-state index contributed by atoms with van der Waals surface area (Å²) in [6.45, 7) is 6.17. The summed E-state index contributed by atoms with van der Waals surface area (Å²) in [5.74, 6) is -0.654. The first-order valence-electron chi connectivity index (χ1n) is 25.2. The number of unbranched alkanes of at least 4 members (excludes halogenated alkanes) is 18. The Balaban J connectivity index is 4.69. The molecule has 0 saturated heterocycles. The molecular weight excluding hydrogens is 767 g/mol. The van der Waals surface area contributed by atoms with Crippen molar-refractivity contribution in [1.29, 1.82) is 0 Å². The molecule has 0 aliphatic heterocycles. The highest BCUT2D eigenvalue weighted by Gasteiger charge is 2.23. The number of carbonyl (C=O) groups is 2. The zero-order valence-electron chi connectivity index (χ0n) is 40.0. The second-order valence-corrected chi connectivity index (χ2v) is 16.6. The van der Waals surface area contributed by atoms with Crippen molar-refractivity contribution in [1.82, 2.24) is 5.32 Å². The molecule has 3 N–H and O–H groups in total. The third-order valence-corrected chi connectivity index (χ3v) is 10.7. The maximum absolute atomic E-state index is 13.2. The van der Waals surface area contributed by atoms with Crippen LogP contribution >= 0.6 is 0 Å². The van der Waals surface area contributed by atoms with Gasteiger partial charge in [-0.3, -0.25) is 9.59 Å². The summed E-state index contributed by atoms with van der Waals surface area (Å²) in [7, 11) is 0. The van der Waals surface area contributed by atoms with Crippen LogP contribution in [0.2, 0.25) is 0 Å². The van der Waals surface area contributed by atoms with Crippen molar-refractivity contribution in [2.24, 2.45) is 0 Å². The number of amides is 1. The number of allylic oxidation sites excluding steroid dienone is 17. The van der Waals surface area contributed by atoms with Gasteiger partial charge in [0.1, 0.15) is 6.10 Å². The maximum Gasteiger partial charge on any atom is 0.306 e. The number of rotatable bonds is 43. The molecule has 0 fully saturated rings. The molecule has 0 heterocycles. The van der Waals surface area contributed by atoms with E-state index in [2.05, 4.69) is 80.8 Å². The van der Waals surface area contributed by atoms with E-state index in [0.29, 0.717) is 19.3 Å². The highest BCUT2D eigenvalue weighted by atomic mass is 16.5. The normalized spacial score (nSPS) is 14.2. The van der Waals surface area contributed by atoms with Gasteiger partial charge in [0.15, 0.2) is 0 Å². The Morgan fingerprint density at radius 3 is 1.48 bits per heavy atom. The Hall–Kier alpha value is -3.48. The third-order valence-electron chi connectivity index (χ3n) is 10.7. The number of carbonyl (C=O) groups excluding carboxylic acids is 2. The number of aliphatic hydroxyl groups is 2. The molecule has 0 bridgehead atoms. The van der Waals surface area contributed by atoms with Crippen molar-refractivity contribution in [2.75, 3.05) is 6.61 Å². The summed E-state index contributed by atoms with van der Waals surface area (Å²) < 4.78 is 5.82. The molecule has 0 spiro atoms. The lowest BCUT2D eigenvalue weighted by atomic mass is 10.0. The Morgan fingerprint density at radius 1 is 0.516 bits per heavy atom. The van der Waals surface area contributed by atoms with Crippen molar-refractivity contribution in [3.05, 3.63) is 109 Å². The zero-order chi connectivity index (χ0) is 45.2. The molecule has 0 aromatic rings. The molecule has 0 aliphatic rings. The monoisotopic (exact) mass is 860 g/mol. The molecule has 1 amide bonds. The molecule has 0 rings (SSSR count). The van der Waals surface area contributed by atoms with Gasteiger partial charge in [-0.25, -0.2) is 0 Å². The van der Waals surface area contributed by atoms with Gasteiger partial charge >= 0.3 is 5.97 Å². The minimum Gasteiger partial charge on any atom is -0.461 e. The lowest BCUT2D eigenvalue weighted by Crippen LogP contribution is -2.46. The fourth-order valence-corrected chi connectivity index (χ4v) is 6.97. The van der Waals surface area contributed by atoms with Crippen molar-refractivity contribution < 1.29 is 24.5 Å². The largest absolute Gasteiger partial charge is 0.461 e. The summed E-state index contributed by atoms with van der Waals surface area (Å²) >= 11 is 0. The van der Waals surface area contributed by atoms with E-state index in [1.807, 2.05) is 54.7 Å². The van der Waals surface area contributed by atoms with Crippen LogP contribution in [0.15, 0.2) is 109 Å². The van der Waals surface area contributed by atoms with Gasteiger partial charge in [-0.15, -0.1) is 0 Å².